The summed E-state index contributed by atoms with van der Waals surface area (Å²) in [6.45, 7) is 5.94. The van der Waals surface area contributed by atoms with Crippen LogP contribution in [0.5, 0.6) is 0 Å². The van der Waals surface area contributed by atoms with Crippen molar-refractivity contribution in [1.29, 1.82) is 0 Å². The van der Waals surface area contributed by atoms with Gasteiger partial charge in [0.2, 0.25) is 0 Å². The fourth-order valence-corrected chi connectivity index (χ4v) is 2.61. The summed E-state index contributed by atoms with van der Waals surface area (Å²) in [4.78, 5) is 0. The predicted molar refractivity (Wildman–Crippen MR) is 108 cm³/mol. The van der Waals surface area contributed by atoms with Crippen LogP contribution in [0.15, 0.2) is 49.1 Å². The Balaban J connectivity index is 3.16. The zero-order valence-corrected chi connectivity index (χ0v) is 15.6. The van der Waals surface area contributed by atoms with Crippen LogP contribution in [-0.2, 0) is 0 Å². The van der Waals surface area contributed by atoms with Crippen molar-refractivity contribution >= 4 is 0 Å². The van der Waals surface area contributed by atoms with E-state index in [1.54, 1.807) is 0 Å². The average Bonchev–Trinajstić information content (AvgIpc) is 2.57. The molecule has 0 aliphatic carbocycles. The Hall–Kier alpha value is -1.04. The number of rotatable bonds is 17. The lowest BCUT2D eigenvalue weighted by atomic mass is 10.1. The molecule has 0 fully saturated rings. The Morgan fingerprint density at radius 3 is 1.48 bits per heavy atom. The predicted octanol–water partition coefficient (Wildman–Crippen LogP) is 8.32. The van der Waals surface area contributed by atoms with Gasteiger partial charge in [-0.3, -0.25) is 0 Å². The van der Waals surface area contributed by atoms with Crippen molar-refractivity contribution in [2.75, 3.05) is 0 Å². The van der Waals surface area contributed by atoms with Crippen LogP contribution in [0.25, 0.3) is 0 Å². The molecule has 0 unspecified atom stereocenters. The highest BCUT2D eigenvalue weighted by Crippen LogP contribution is 2.11. The molecule has 0 aliphatic rings. The first-order valence-corrected chi connectivity index (χ1v) is 9.97. The summed E-state index contributed by atoms with van der Waals surface area (Å²) in [5.74, 6) is 0. The van der Waals surface area contributed by atoms with Gasteiger partial charge in [-0.25, -0.2) is 0 Å². The second kappa shape index (κ2) is 21.0. The van der Waals surface area contributed by atoms with Crippen molar-refractivity contribution < 1.29 is 0 Å². The highest BCUT2D eigenvalue weighted by Gasteiger charge is 1.91. The molecule has 0 heterocycles. The summed E-state index contributed by atoms with van der Waals surface area (Å²) < 4.78 is 0. The largest absolute Gasteiger partial charge is 0.103 e. The Kier molecular flexibility index (Phi) is 20.0. The summed E-state index contributed by atoms with van der Waals surface area (Å²) in [5, 5.41) is 0. The maximum Gasteiger partial charge on any atom is -0.0169 e. The van der Waals surface area contributed by atoms with Gasteiger partial charge in [-0.05, 0) is 44.9 Å². The molecule has 0 atom stereocenters. The maximum absolute atomic E-state index is 3.77. The summed E-state index contributed by atoms with van der Waals surface area (Å²) in [6.07, 6.45) is 34.1. The number of hydrogen-bond acceptors (Lipinski definition) is 0. The van der Waals surface area contributed by atoms with Gasteiger partial charge in [0.15, 0.2) is 0 Å². The molecule has 0 aliphatic heterocycles. The minimum absolute atomic E-state index is 1.08. The minimum Gasteiger partial charge on any atom is -0.103 e. The van der Waals surface area contributed by atoms with Gasteiger partial charge in [-0.1, -0.05) is 94.4 Å². The van der Waals surface area contributed by atoms with Crippen LogP contribution in [0.2, 0.25) is 0 Å². The van der Waals surface area contributed by atoms with Crippen molar-refractivity contribution in [2.24, 2.45) is 0 Å². The van der Waals surface area contributed by atoms with E-state index in [9.17, 15) is 0 Å². The minimum atomic E-state index is 1.08. The van der Waals surface area contributed by atoms with Crippen LogP contribution in [0.4, 0.5) is 0 Å². The highest BCUT2D eigenvalue weighted by atomic mass is 14.0. The van der Waals surface area contributed by atoms with E-state index in [0.29, 0.717) is 0 Å². The third-order valence-corrected chi connectivity index (χ3v) is 4.06. The summed E-state index contributed by atoms with van der Waals surface area (Å²) >= 11 is 0. The van der Waals surface area contributed by atoms with Crippen molar-refractivity contribution in [3.05, 3.63) is 49.1 Å². The Labute approximate surface area is 146 Å². The first-order chi connectivity index (χ1) is 11.4. The zero-order valence-electron chi connectivity index (χ0n) is 15.6. The molecule has 0 amide bonds. The lowest BCUT2D eigenvalue weighted by Crippen LogP contribution is -1.81. The van der Waals surface area contributed by atoms with Crippen molar-refractivity contribution in [2.45, 2.75) is 96.8 Å². The lowest BCUT2D eigenvalue weighted by molar-refractivity contribution is 0.561. The van der Waals surface area contributed by atoms with E-state index in [-0.39, 0.29) is 0 Å². The molecular formula is C23H40. The van der Waals surface area contributed by atoms with Crippen LogP contribution in [-0.4, -0.2) is 0 Å². The third-order valence-electron chi connectivity index (χ3n) is 4.06. The molecule has 0 spiro atoms. The average molecular weight is 317 g/mol. The topological polar surface area (TPSA) is 0 Å². The van der Waals surface area contributed by atoms with Crippen LogP contribution < -0.4 is 0 Å². The third kappa shape index (κ3) is 21.0. The molecule has 132 valence electrons. The molecule has 0 aromatic heterocycles. The van der Waals surface area contributed by atoms with E-state index in [1.807, 2.05) is 6.08 Å². The van der Waals surface area contributed by atoms with Gasteiger partial charge >= 0.3 is 0 Å². The quantitative estimate of drug-likeness (QED) is 0.187. The van der Waals surface area contributed by atoms with Crippen molar-refractivity contribution in [3.63, 3.8) is 0 Å². The smallest absolute Gasteiger partial charge is 0.0169 e. The normalized spacial score (nSPS) is 12.0. The van der Waals surface area contributed by atoms with Crippen LogP contribution >= 0.6 is 0 Å². The molecular weight excluding hydrogens is 276 g/mol. The van der Waals surface area contributed by atoms with E-state index in [2.05, 4.69) is 50.0 Å². The number of hydrogen-bond donors (Lipinski definition) is 0. The second-order valence-electron chi connectivity index (χ2n) is 6.34. The number of unbranched alkanes of at least 4 members (excludes halogenated alkanes) is 10. The summed E-state index contributed by atoms with van der Waals surface area (Å²) in [5.41, 5.74) is 0. The molecule has 0 rings (SSSR count). The number of allylic oxidation sites excluding steroid dienone is 7. The molecule has 0 saturated heterocycles. The van der Waals surface area contributed by atoms with Gasteiger partial charge in [0.1, 0.15) is 0 Å². The van der Waals surface area contributed by atoms with Gasteiger partial charge < -0.3 is 0 Å². The molecule has 0 saturated carbocycles. The zero-order chi connectivity index (χ0) is 16.8. The van der Waals surface area contributed by atoms with Crippen LogP contribution in [0, 0.1) is 0 Å². The van der Waals surface area contributed by atoms with Gasteiger partial charge in [0, 0.05) is 0 Å². The standard InChI is InChI=1S/C23H40/c1-3-5-7-9-11-13-15-17-19-21-23-22-20-18-16-14-12-10-8-6-4-2/h3,6,8,12,14,18,20H,1,4-5,7,9-11,13,15-17,19,21-23H2,2H3/b8-6-,14-12-,20-18-. The van der Waals surface area contributed by atoms with E-state index < -0.39 is 0 Å². The van der Waals surface area contributed by atoms with Gasteiger partial charge in [0.05, 0.1) is 0 Å². The van der Waals surface area contributed by atoms with Gasteiger partial charge in [-0.15, -0.1) is 6.58 Å². The molecule has 0 aromatic carbocycles. The molecule has 0 nitrogen and oxygen atoms in total. The van der Waals surface area contributed by atoms with E-state index >= 15 is 0 Å². The van der Waals surface area contributed by atoms with Crippen molar-refractivity contribution in [1.82, 2.24) is 0 Å². The lowest BCUT2D eigenvalue weighted by Gasteiger charge is -2.01. The summed E-state index contributed by atoms with van der Waals surface area (Å²) in [7, 11) is 0. The molecule has 0 radical (unpaired) electrons. The summed E-state index contributed by atoms with van der Waals surface area (Å²) in [6, 6.07) is 0. The molecule has 0 bridgehead atoms. The molecule has 0 N–H and O–H groups in total. The maximum atomic E-state index is 3.77. The Morgan fingerprint density at radius 2 is 0.957 bits per heavy atom. The molecule has 0 aromatic rings. The fourth-order valence-electron chi connectivity index (χ4n) is 2.61. The SMILES string of the molecule is C=CCCCCCCCCCCC/C=C\C/C=C\C/C=C\CC. The van der Waals surface area contributed by atoms with Crippen molar-refractivity contribution in [3.8, 4) is 0 Å². The van der Waals surface area contributed by atoms with E-state index in [1.165, 1.54) is 70.6 Å². The fraction of sp³-hybridized carbons (Fsp3) is 0.652. The highest BCUT2D eigenvalue weighted by molar-refractivity contribution is 4.96. The van der Waals surface area contributed by atoms with Gasteiger partial charge in [-0.2, -0.15) is 0 Å². The molecule has 23 heavy (non-hydrogen) atoms. The van der Waals surface area contributed by atoms with E-state index in [4.69, 9.17) is 0 Å². The van der Waals surface area contributed by atoms with Crippen LogP contribution in [0.3, 0.4) is 0 Å². The Morgan fingerprint density at radius 1 is 0.522 bits per heavy atom. The monoisotopic (exact) mass is 316 g/mol. The Bertz CT molecular complexity index is 306. The van der Waals surface area contributed by atoms with Gasteiger partial charge in [0.25, 0.3) is 0 Å². The first-order valence-electron chi connectivity index (χ1n) is 9.97. The molecule has 0 heteroatoms. The van der Waals surface area contributed by atoms with E-state index in [0.717, 1.165) is 19.3 Å². The van der Waals surface area contributed by atoms with Crippen LogP contribution in [0.1, 0.15) is 96.8 Å². The second-order valence-corrected chi connectivity index (χ2v) is 6.34. The first kappa shape index (κ1) is 22.0.